The molecule has 0 spiro atoms. The van der Waals surface area contributed by atoms with Gasteiger partial charge in [0.1, 0.15) is 5.82 Å². The maximum atomic E-state index is 13.2. The Kier molecular flexibility index (Phi) is 5.79. The largest absolute Gasteiger partial charge is 0.206 e. The Balaban J connectivity index is 2.04. The summed E-state index contributed by atoms with van der Waals surface area (Å²) in [5, 5.41) is 0.940. The zero-order valence-corrected chi connectivity index (χ0v) is 14.5. The van der Waals surface area contributed by atoms with Gasteiger partial charge in [0, 0.05) is 5.33 Å². The van der Waals surface area contributed by atoms with E-state index in [2.05, 4.69) is 63.0 Å². The first-order chi connectivity index (χ1) is 9.58. The molecule has 2 aromatic rings. The van der Waals surface area contributed by atoms with E-state index in [1.807, 2.05) is 12.1 Å². The summed E-state index contributed by atoms with van der Waals surface area (Å²) in [5.74, 6) is 0.303. The normalized spacial score (nSPS) is 12.4. The zero-order chi connectivity index (χ0) is 14.5. The van der Waals surface area contributed by atoms with Crippen molar-refractivity contribution in [3.63, 3.8) is 0 Å². The molecular formula is C17H17Br2F. The van der Waals surface area contributed by atoms with Crippen molar-refractivity contribution >= 4 is 31.9 Å². The standard InChI is InChI=1S/C17H17Br2F/c1-12-2-4-13(5-3-12)8-15(11-18)9-14-6-7-17(20)16(19)10-14/h2-7,10,15H,8-9,11H2,1H3. The van der Waals surface area contributed by atoms with Crippen molar-refractivity contribution in [3.8, 4) is 0 Å². The summed E-state index contributed by atoms with van der Waals surface area (Å²) in [7, 11) is 0. The maximum Gasteiger partial charge on any atom is 0.137 e. The van der Waals surface area contributed by atoms with Crippen LogP contribution < -0.4 is 0 Å². The average molecular weight is 400 g/mol. The Morgan fingerprint density at radius 3 is 2.20 bits per heavy atom. The lowest BCUT2D eigenvalue weighted by Gasteiger charge is -2.15. The number of halogens is 3. The van der Waals surface area contributed by atoms with E-state index in [0.717, 1.165) is 23.7 Å². The van der Waals surface area contributed by atoms with E-state index in [1.165, 1.54) is 17.2 Å². The van der Waals surface area contributed by atoms with Crippen LogP contribution in [0.2, 0.25) is 0 Å². The summed E-state index contributed by atoms with van der Waals surface area (Å²) < 4.78 is 13.8. The van der Waals surface area contributed by atoms with Gasteiger partial charge >= 0.3 is 0 Å². The quantitative estimate of drug-likeness (QED) is 0.566. The second-order valence-electron chi connectivity index (χ2n) is 5.16. The molecule has 1 unspecified atom stereocenters. The first-order valence-electron chi connectivity index (χ1n) is 6.64. The highest BCUT2D eigenvalue weighted by Gasteiger charge is 2.11. The predicted octanol–water partition coefficient (Wildman–Crippen LogP) is 5.69. The van der Waals surface area contributed by atoms with Crippen LogP contribution in [-0.4, -0.2) is 5.33 Å². The fourth-order valence-electron chi connectivity index (χ4n) is 2.24. The van der Waals surface area contributed by atoms with E-state index < -0.39 is 0 Å². The topological polar surface area (TPSA) is 0 Å². The van der Waals surface area contributed by atoms with Crippen LogP contribution in [0.1, 0.15) is 16.7 Å². The molecule has 3 heteroatoms. The molecule has 1 atom stereocenters. The molecule has 0 nitrogen and oxygen atoms in total. The molecule has 0 N–H and O–H groups in total. The molecule has 0 saturated heterocycles. The molecule has 2 rings (SSSR count). The van der Waals surface area contributed by atoms with Gasteiger partial charge in [-0.2, -0.15) is 0 Å². The fraction of sp³-hybridized carbons (Fsp3) is 0.294. The number of alkyl halides is 1. The Hall–Kier alpha value is -0.670. The first-order valence-corrected chi connectivity index (χ1v) is 8.55. The second kappa shape index (κ2) is 7.37. The van der Waals surface area contributed by atoms with Gasteiger partial charge in [-0.1, -0.05) is 51.8 Å². The van der Waals surface area contributed by atoms with Crippen molar-refractivity contribution in [1.29, 1.82) is 0 Å². The number of rotatable bonds is 5. The minimum absolute atomic E-state index is 0.206. The van der Waals surface area contributed by atoms with E-state index in [9.17, 15) is 4.39 Å². The van der Waals surface area contributed by atoms with E-state index in [1.54, 1.807) is 0 Å². The van der Waals surface area contributed by atoms with E-state index in [4.69, 9.17) is 0 Å². The van der Waals surface area contributed by atoms with Crippen LogP contribution in [0.25, 0.3) is 0 Å². The van der Waals surface area contributed by atoms with Crippen LogP contribution in [-0.2, 0) is 12.8 Å². The Morgan fingerprint density at radius 2 is 1.60 bits per heavy atom. The molecule has 106 valence electrons. The maximum absolute atomic E-state index is 13.2. The number of hydrogen-bond donors (Lipinski definition) is 0. The van der Waals surface area contributed by atoms with Gasteiger partial charge in [0.15, 0.2) is 0 Å². The third-order valence-electron chi connectivity index (χ3n) is 3.37. The minimum Gasteiger partial charge on any atom is -0.206 e. The summed E-state index contributed by atoms with van der Waals surface area (Å²) in [6.45, 7) is 2.10. The van der Waals surface area contributed by atoms with Gasteiger partial charge in [0.25, 0.3) is 0 Å². The Labute approximate surface area is 136 Å². The highest BCUT2D eigenvalue weighted by Crippen LogP contribution is 2.22. The molecule has 0 aliphatic rings. The molecule has 0 radical (unpaired) electrons. The number of benzene rings is 2. The summed E-state index contributed by atoms with van der Waals surface area (Å²) in [6, 6.07) is 13.9. The molecule has 2 aromatic carbocycles. The van der Waals surface area contributed by atoms with Crippen molar-refractivity contribution in [2.75, 3.05) is 5.33 Å². The Bertz CT molecular complexity index is 564. The van der Waals surface area contributed by atoms with Crippen molar-refractivity contribution < 1.29 is 4.39 Å². The van der Waals surface area contributed by atoms with Crippen molar-refractivity contribution in [1.82, 2.24) is 0 Å². The van der Waals surface area contributed by atoms with Crippen LogP contribution >= 0.6 is 31.9 Å². The van der Waals surface area contributed by atoms with Crippen molar-refractivity contribution in [2.24, 2.45) is 5.92 Å². The van der Waals surface area contributed by atoms with E-state index in [-0.39, 0.29) is 5.82 Å². The number of aryl methyl sites for hydroxylation is 1. The summed E-state index contributed by atoms with van der Waals surface area (Å²) in [5.41, 5.74) is 3.79. The lowest BCUT2D eigenvalue weighted by atomic mass is 9.94. The molecule has 0 bridgehead atoms. The van der Waals surface area contributed by atoms with Gasteiger partial charge in [-0.3, -0.25) is 0 Å². The average Bonchev–Trinajstić information content (AvgIpc) is 2.44. The number of hydrogen-bond acceptors (Lipinski definition) is 0. The molecule has 20 heavy (non-hydrogen) atoms. The zero-order valence-electron chi connectivity index (χ0n) is 11.4. The Morgan fingerprint density at radius 1 is 1.00 bits per heavy atom. The second-order valence-corrected chi connectivity index (χ2v) is 6.66. The molecule has 0 aliphatic heterocycles. The summed E-state index contributed by atoms with van der Waals surface area (Å²) in [4.78, 5) is 0. The third-order valence-corrected chi connectivity index (χ3v) is 4.89. The van der Waals surface area contributed by atoms with Crippen LogP contribution in [0, 0.1) is 18.7 Å². The van der Waals surface area contributed by atoms with Gasteiger partial charge in [-0.05, 0) is 64.9 Å². The highest BCUT2D eigenvalue weighted by atomic mass is 79.9. The predicted molar refractivity (Wildman–Crippen MR) is 90.0 cm³/mol. The van der Waals surface area contributed by atoms with Gasteiger partial charge in [0.2, 0.25) is 0 Å². The molecule has 0 heterocycles. The monoisotopic (exact) mass is 398 g/mol. The third kappa shape index (κ3) is 4.42. The fourth-order valence-corrected chi connectivity index (χ4v) is 3.12. The van der Waals surface area contributed by atoms with Gasteiger partial charge in [0.05, 0.1) is 4.47 Å². The van der Waals surface area contributed by atoms with E-state index in [0.29, 0.717) is 10.4 Å². The van der Waals surface area contributed by atoms with Gasteiger partial charge in [-0.25, -0.2) is 4.39 Å². The molecular weight excluding hydrogens is 383 g/mol. The minimum atomic E-state index is -0.206. The van der Waals surface area contributed by atoms with Crippen molar-refractivity contribution in [3.05, 3.63) is 69.4 Å². The molecule has 0 aromatic heterocycles. The molecule has 0 fully saturated rings. The van der Waals surface area contributed by atoms with Gasteiger partial charge in [-0.15, -0.1) is 0 Å². The lowest BCUT2D eigenvalue weighted by molar-refractivity contribution is 0.586. The summed E-state index contributed by atoms with van der Waals surface area (Å²) >= 11 is 6.84. The van der Waals surface area contributed by atoms with Crippen LogP contribution in [0.5, 0.6) is 0 Å². The van der Waals surface area contributed by atoms with E-state index >= 15 is 0 Å². The van der Waals surface area contributed by atoms with Crippen LogP contribution in [0.4, 0.5) is 4.39 Å². The lowest BCUT2D eigenvalue weighted by Crippen LogP contribution is -2.10. The molecule has 0 aliphatic carbocycles. The SMILES string of the molecule is Cc1ccc(CC(CBr)Cc2ccc(F)c(Br)c2)cc1. The highest BCUT2D eigenvalue weighted by molar-refractivity contribution is 9.10. The molecule has 0 amide bonds. The van der Waals surface area contributed by atoms with Crippen molar-refractivity contribution in [2.45, 2.75) is 19.8 Å². The van der Waals surface area contributed by atoms with Crippen LogP contribution in [0.3, 0.4) is 0 Å². The van der Waals surface area contributed by atoms with Crippen LogP contribution in [0.15, 0.2) is 46.9 Å². The first kappa shape index (κ1) is 15.7. The smallest absolute Gasteiger partial charge is 0.137 e. The summed E-state index contributed by atoms with van der Waals surface area (Å²) in [6.07, 6.45) is 1.97. The van der Waals surface area contributed by atoms with Gasteiger partial charge < -0.3 is 0 Å². The molecule has 0 saturated carbocycles.